The molecule has 0 unspecified atom stereocenters. The third kappa shape index (κ3) is 3.83. The van der Waals surface area contributed by atoms with Gasteiger partial charge in [-0.3, -0.25) is 0 Å². The molecule has 0 fully saturated rings. The minimum Gasteiger partial charge on any atom is -0.333 e. The first-order valence-corrected chi connectivity index (χ1v) is 6.87. The number of hydrogen-bond donors (Lipinski definition) is 1. The van der Waals surface area contributed by atoms with E-state index >= 15 is 0 Å². The van der Waals surface area contributed by atoms with Crippen LogP contribution < -0.4 is 5.32 Å². The molecule has 1 N–H and O–H groups in total. The first kappa shape index (κ1) is 14.6. The highest BCUT2D eigenvalue weighted by atomic mass is 19.1. The van der Waals surface area contributed by atoms with Crippen molar-refractivity contribution in [2.45, 2.75) is 32.7 Å². The molecule has 0 radical (unpaired) electrons. The highest BCUT2D eigenvalue weighted by Crippen LogP contribution is 2.22. The van der Waals surface area contributed by atoms with Crippen LogP contribution in [-0.4, -0.2) is 29.6 Å². The number of nitrogens with one attached hydrogen (secondary N) is 1. The number of carbonyl (C=O) groups excluding carboxylic acids is 1. The van der Waals surface area contributed by atoms with Crippen LogP contribution in [0.4, 0.5) is 9.18 Å². The summed E-state index contributed by atoms with van der Waals surface area (Å²) in [5.74, 6) is -0.226. The summed E-state index contributed by atoms with van der Waals surface area (Å²) in [6, 6.07) is 6.47. The van der Waals surface area contributed by atoms with E-state index in [1.807, 2.05) is 26.8 Å². The number of halogens is 1. The fourth-order valence-electron chi connectivity index (χ4n) is 2.18. The van der Waals surface area contributed by atoms with Crippen molar-refractivity contribution >= 4 is 11.6 Å². The Bertz CT molecular complexity index is 514. The first-order valence-electron chi connectivity index (χ1n) is 6.87. The quantitative estimate of drug-likeness (QED) is 0.837. The van der Waals surface area contributed by atoms with Crippen molar-refractivity contribution in [3.63, 3.8) is 0 Å². The van der Waals surface area contributed by atoms with Gasteiger partial charge in [-0.1, -0.05) is 18.2 Å². The Labute approximate surface area is 119 Å². The van der Waals surface area contributed by atoms with Gasteiger partial charge in [-0.05, 0) is 50.5 Å². The number of rotatable bonds is 1. The maximum Gasteiger partial charge on any atom is 0.318 e. The predicted molar refractivity (Wildman–Crippen MR) is 78.9 cm³/mol. The van der Waals surface area contributed by atoms with Crippen LogP contribution in [0.2, 0.25) is 0 Å². The summed E-state index contributed by atoms with van der Waals surface area (Å²) in [5, 5.41) is 2.96. The summed E-state index contributed by atoms with van der Waals surface area (Å²) in [4.78, 5) is 13.8. The largest absolute Gasteiger partial charge is 0.333 e. The molecular weight excluding hydrogens is 255 g/mol. The van der Waals surface area contributed by atoms with Gasteiger partial charge in [0.25, 0.3) is 0 Å². The summed E-state index contributed by atoms with van der Waals surface area (Å²) in [6.45, 7) is 7.18. The van der Waals surface area contributed by atoms with Gasteiger partial charge in [0.05, 0.1) is 0 Å². The highest BCUT2D eigenvalue weighted by Gasteiger charge is 2.21. The van der Waals surface area contributed by atoms with E-state index in [9.17, 15) is 9.18 Å². The maximum atomic E-state index is 12.9. The van der Waals surface area contributed by atoms with Crippen LogP contribution in [-0.2, 0) is 0 Å². The van der Waals surface area contributed by atoms with E-state index in [1.165, 1.54) is 17.7 Å². The first-order chi connectivity index (χ1) is 9.35. The van der Waals surface area contributed by atoms with E-state index in [1.54, 1.807) is 17.0 Å². The molecule has 0 atom stereocenters. The van der Waals surface area contributed by atoms with Crippen LogP contribution in [0.1, 0.15) is 32.8 Å². The van der Waals surface area contributed by atoms with E-state index in [0.29, 0.717) is 13.1 Å². The lowest BCUT2D eigenvalue weighted by Gasteiger charge is -2.30. The fourth-order valence-corrected chi connectivity index (χ4v) is 2.18. The number of amides is 2. The molecule has 0 bridgehead atoms. The zero-order valence-corrected chi connectivity index (χ0v) is 12.2. The number of nitrogens with zero attached hydrogens (tertiary/aromatic N) is 1. The molecule has 1 aromatic rings. The Morgan fingerprint density at radius 2 is 1.90 bits per heavy atom. The standard InChI is InChI=1S/C16H21FN2O/c1-16(2,3)18-15(20)19-10-8-13(9-11-19)12-4-6-14(17)7-5-12/h4-8H,9-11H2,1-3H3,(H,18,20). The van der Waals surface area contributed by atoms with Crippen LogP contribution in [0.25, 0.3) is 5.57 Å². The maximum absolute atomic E-state index is 12.9. The summed E-state index contributed by atoms with van der Waals surface area (Å²) in [7, 11) is 0. The highest BCUT2D eigenvalue weighted by molar-refractivity contribution is 5.77. The lowest BCUT2D eigenvalue weighted by atomic mass is 9.99. The normalized spacial score (nSPS) is 15.8. The van der Waals surface area contributed by atoms with E-state index in [2.05, 4.69) is 5.32 Å². The van der Waals surface area contributed by atoms with E-state index in [0.717, 1.165) is 12.0 Å². The molecule has 2 amide bonds. The number of urea groups is 1. The van der Waals surface area contributed by atoms with E-state index < -0.39 is 0 Å². The molecule has 0 spiro atoms. The Morgan fingerprint density at radius 3 is 2.40 bits per heavy atom. The summed E-state index contributed by atoms with van der Waals surface area (Å²) in [5.41, 5.74) is 1.98. The zero-order valence-electron chi connectivity index (χ0n) is 12.2. The number of carbonyl (C=O) groups is 1. The van der Waals surface area contributed by atoms with Crippen LogP contribution in [0.3, 0.4) is 0 Å². The van der Waals surface area contributed by atoms with Gasteiger partial charge in [-0.15, -0.1) is 0 Å². The molecule has 1 aliphatic rings. The van der Waals surface area contributed by atoms with Gasteiger partial charge in [-0.2, -0.15) is 0 Å². The molecule has 108 valence electrons. The smallest absolute Gasteiger partial charge is 0.318 e. The minimum absolute atomic E-state index is 0.0353. The molecule has 2 rings (SSSR count). The molecule has 0 aromatic heterocycles. The van der Waals surface area contributed by atoms with E-state index in [4.69, 9.17) is 0 Å². The van der Waals surface area contributed by atoms with Gasteiger partial charge >= 0.3 is 6.03 Å². The van der Waals surface area contributed by atoms with Crippen LogP contribution >= 0.6 is 0 Å². The van der Waals surface area contributed by atoms with Gasteiger partial charge in [0, 0.05) is 18.6 Å². The molecule has 0 saturated heterocycles. The van der Waals surface area contributed by atoms with Crippen molar-refractivity contribution in [3.8, 4) is 0 Å². The molecule has 1 aromatic carbocycles. The van der Waals surface area contributed by atoms with Crippen molar-refractivity contribution in [2.75, 3.05) is 13.1 Å². The molecule has 1 heterocycles. The fraction of sp³-hybridized carbons (Fsp3) is 0.438. The number of benzene rings is 1. The van der Waals surface area contributed by atoms with Crippen molar-refractivity contribution in [3.05, 3.63) is 41.7 Å². The Kier molecular flexibility index (Phi) is 4.12. The van der Waals surface area contributed by atoms with Gasteiger partial charge in [0.15, 0.2) is 0 Å². The molecule has 3 nitrogen and oxygen atoms in total. The van der Waals surface area contributed by atoms with Gasteiger partial charge in [-0.25, -0.2) is 9.18 Å². The summed E-state index contributed by atoms with van der Waals surface area (Å²) >= 11 is 0. The minimum atomic E-state index is -0.226. The SMILES string of the molecule is CC(C)(C)NC(=O)N1CC=C(c2ccc(F)cc2)CC1. The van der Waals surface area contributed by atoms with Gasteiger partial charge in [0.2, 0.25) is 0 Å². The molecular formula is C16H21FN2O. The second-order valence-electron chi connectivity index (χ2n) is 6.11. The molecule has 20 heavy (non-hydrogen) atoms. The Morgan fingerprint density at radius 1 is 1.25 bits per heavy atom. The lowest BCUT2D eigenvalue weighted by Crippen LogP contribution is -2.49. The van der Waals surface area contributed by atoms with Crippen LogP contribution in [0, 0.1) is 5.82 Å². The summed E-state index contributed by atoms with van der Waals surface area (Å²) < 4.78 is 12.9. The molecule has 0 aliphatic carbocycles. The summed E-state index contributed by atoms with van der Waals surface area (Å²) in [6.07, 6.45) is 2.84. The van der Waals surface area contributed by atoms with Gasteiger partial charge < -0.3 is 10.2 Å². The Balaban J connectivity index is 2.00. The second kappa shape index (κ2) is 5.65. The monoisotopic (exact) mass is 276 g/mol. The molecule has 1 aliphatic heterocycles. The molecule has 0 saturated carbocycles. The van der Waals surface area contributed by atoms with Crippen molar-refractivity contribution in [1.82, 2.24) is 10.2 Å². The van der Waals surface area contributed by atoms with Crippen LogP contribution in [0.5, 0.6) is 0 Å². The zero-order chi connectivity index (χ0) is 14.8. The third-order valence-corrected chi connectivity index (χ3v) is 3.19. The predicted octanol–water partition coefficient (Wildman–Crippen LogP) is 3.42. The molecule has 4 heteroatoms. The third-order valence-electron chi connectivity index (χ3n) is 3.19. The van der Waals surface area contributed by atoms with Crippen molar-refractivity contribution in [2.24, 2.45) is 0 Å². The average molecular weight is 276 g/mol. The van der Waals surface area contributed by atoms with E-state index in [-0.39, 0.29) is 17.4 Å². The van der Waals surface area contributed by atoms with Crippen LogP contribution in [0.15, 0.2) is 30.3 Å². The van der Waals surface area contributed by atoms with Crippen molar-refractivity contribution in [1.29, 1.82) is 0 Å². The second-order valence-corrected chi connectivity index (χ2v) is 6.11. The Hall–Kier alpha value is -1.84. The average Bonchev–Trinajstić information content (AvgIpc) is 2.38. The topological polar surface area (TPSA) is 32.3 Å². The number of hydrogen-bond acceptors (Lipinski definition) is 1. The van der Waals surface area contributed by atoms with Crippen molar-refractivity contribution < 1.29 is 9.18 Å². The van der Waals surface area contributed by atoms with Gasteiger partial charge in [0.1, 0.15) is 5.82 Å². The lowest BCUT2D eigenvalue weighted by molar-refractivity contribution is 0.193.